The quantitative estimate of drug-likeness (QED) is 0.470. The van der Waals surface area contributed by atoms with E-state index in [0.29, 0.717) is 0 Å². The first-order valence-electron chi connectivity index (χ1n) is 8.56. The van der Waals surface area contributed by atoms with Crippen molar-refractivity contribution in [3.05, 3.63) is 95.1 Å². The normalized spacial score (nSPS) is 10.1. The van der Waals surface area contributed by atoms with Gasteiger partial charge in [-0.05, 0) is 24.3 Å². The Kier molecular flexibility index (Phi) is 5.88. The van der Waals surface area contributed by atoms with Gasteiger partial charge in [0.25, 0.3) is 0 Å². The molecule has 3 aromatic rings. The second-order valence-electron chi connectivity index (χ2n) is 5.97. The van der Waals surface area contributed by atoms with Crippen LogP contribution in [0.1, 0.15) is 41.4 Å². The van der Waals surface area contributed by atoms with E-state index in [2.05, 4.69) is 0 Å². The van der Waals surface area contributed by atoms with Crippen LogP contribution in [0.3, 0.4) is 0 Å². The van der Waals surface area contributed by atoms with Gasteiger partial charge >= 0.3 is 23.9 Å². The van der Waals surface area contributed by atoms with E-state index < -0.39 is 46.5 Å². The number of carbonyl (C=O) groups excluding carboxylic acids is 2. The summed E-state index contributed by atoms with van der Waals surface area (Å²) in [6, 6.07) is 17.2. The largest absolute Gasteiger partial charge is 0.478 e. The molecule has 30 heavy (non-hydrogen) atoms. The van der Waals surface area contributed by atoms with Gasteiger partial charge in [0.15, 0.2) is 0 Å². The average molecular weight is 406 g/mol. The molecule has 0 aromatic heterocycles. The van der Waals surface area contributed by atoms with Crippen LogP contribution in [-0.4, -0.2) is 34.1 Å². The maximum atomic E-state index is 12.3. The minimum absolute atomic E-state index is 0.144. The van der Waals surface area contributed by atoms with Crippen LogP contribution >= 0.6 is 0 Å². The number of hydrogen-bond donors (Lipinski definition) is 2. The lowest BCUT2D eigenvalue weighted by Gasteiger charge is -2.13. The lowest BCUT2D eigenvalue weighted by Crippen LogP contribution is -2.15. The lowest BCUT2D eigenvalue weighted by atomic mass is 10.1. The maximum absolute atomic E-state index is 12.3. The molecule has 0 bridgehead atoms. The zero-order valence-electron chi connectivity index (χ0n) is 15.3. The highest BCUT2D eigenvalue weighted by Gasteiger charge is 2.24. The minimum Gasteiger partial charge on any atom is -0.478 e. The molecule has 0 aliphatic carbocycles. The molecule has 0 unspecified atom stereocenters. The van der Waals surface area contributed by atoms with E-state index in [1.54, 1.807) is 36.4 Å². The number of esters is 2. The highest BCUT2D eigenvalue weighted by molar-refractivity contribution is 6.00. The van der Waals surface area contributed by atoms with E-state index in [-0.39, 0.29) is 11.1 Å². The van der Waals surface area contributed by atoms with Gasteiger partial charge in [0.05, 0.1) is 11.1 Å². The molecule has 0 fully saturated rings. The smallest absolute Gasteiger partial charge is 0.343 e. The van der Waals surface area contributed by atoms with Crippen molar-refractivity contribution >= 4 is 23.9 Å². The van der Waals surface area contributed by atoms with Crippen molar-refractivity contribution in [1.29, 1.82) is 0 Å². The van der Waals surface area contributed by atoms with E-state index in [0.717, 1.165) is 12.1 Å². The van der Waals surface area contributed by atoms with Gasteiger partial charge in [-0.2, -0.15) is 0 Å². The van der Waals surface area contributed by atoms with Crippen molar-refractivity contribution in [3.63, 3.8) is 0 Å². The van der Waals surface area contributed by atoms with E-state index in [1.165, 1.54) is 24.3 Å². The molecule has 2 N–H and O–H groups in total. The molecule has 0 radical (unpaired) electrons. The molecule has 0 aliphatic heterocycles. The van der Waals surface area contributed by atoms with Crippen LogP contribution in [0.2, 0.25) is 0 Å². The van der Waals surface area contributed by atoms with E-state index in [1.807, 2.05) is 0 Å². The van der Waals surface area contributed by atoms with Crippen LogP contribution in [0.15, 0.2) is 72.8 Å². The SMILES string of the molecule is O=C(Oc1cc(C(=O)O)c(OC(=O)c2ccccc2)cc1C(=O)O)c1ccccc1. The maximum Gasteiger partial charge on any atom is 0.343 e. The van der Waals surface area contributed by atoms with Gasteiger partial charge in [-0.3, -0.25) is 0 Å². The molecule has 0 atom stereocenters. The minimum atomic E-state index is -1.50. The van der Waals surface area contributed by atoms with E-state index >= 15 is 0 Å². The predicted molar refractivity (Wildman–Crippen MR) is 103 cm³/mol. The van der Waals surface area contributed by atoms with E-state index in [9.17, 15) is 29.4 Å². The Morgan fingerprint density at radius 3 is 1.20 bits per heavy atom. The molecule has 0 spiro atoms. The number of carboxylic acid groups (broad SMARTS) is 2. The number of carboxylic acids is 2. The molecule has 0 heterocycles. The molecule has 0 saturated heterocycles. The van der Waals surface area contributed by atoms with Crippen molar-refractivity contribution < 1.29 is 38.9 Å². The first kappa shape index (κ1) is 20.3. The summed E-state index contributed by atoms with van der Waals surface area (Å²) in [4.78, 5) is 47.8. The topological polar surface area (TPSA) is 127 Å². The highest BCUT2D eigenvalue weighted by Crippen LogP contribution is 2.30. The molecule has 0 amide bonds. The third-order valence-corrected chi connectivity index (χ3v) is 3.97. The summed E-state index contributed by atoms with van der Waals surface area (Å²) >= 11 is 0. The number of benzene rings is 3. The van der Waals surface area contributed by atoms with Crippen molar-refractivity contribution in [1.82, 2.24) is 0 Å². The number of ether oxygens (including phenoxy) is 2. The first-order chi connectivity index (χ1) is 14.4. The third kappa shape index (κ3) is 4.50. The summed E-state index contributed by atoms with van der Waals surface area (Å²) in [6.45, 7) is 0. The average Bonchev–Trinajstić information content (AvgIpc) is 2.75. The van der Waals surface area contributed by atoms with Crippen molar-refractivity contribution in [2.24, 2.45) is 0 Å². The van der Waals surface area contributed by atoms with Gasteiger partial charge in [-0.25, -0.2) is 19.2 Å². The molecule has 3 aromatic carbocycles. The number of rotatable bonds is 6. The van der Waals surface area contributed by atoms with Crippen molar-refractivity contribution in [2.75, 3.05) is 0 Å². The Bertz CT molecular complexity index is 1030. The summed E-state index contributed by atoms with van der Waals surface area (Å²) in [5, 5.41) is 19.0. The van der Waals surface area contributed by atoms with Crippen LogP contribution in [0.4, 0.5) is 0 Å². The van der Waals surface area contributed by atoms with Crippen LogP contribution in [0.25, 0.3) is 0 Å². The summed E-state index contributed by atoms with van der Waals surface area (Å²) in [6.07, 6.45) is 0. The zero-order chi connectivity index (χ0) is 21.7. The fraction of sp³-hybridized carbons (Fsp3) is 0. The van der Waals surface area contributed by atoms with E-state index in [4.69, 9.17) is 9.47 Å². The highest BCUT2D eigenvalue weighted by atomic mass is 16.5. The Balaban J connectivity index is 2.00. The van der Waals surface area contributed by atoms with Crippen LogP contribution in [-0.2, 0) is 0 Å². The lowest BCUT2D eigenvalue weighted by molar-refractivity contribution is 0.0646. The van der Waals surface area contributed by atoms with Gasteiger partial charge < -0.3 is 19.7 Å². The molecule has 8 heteroatoms. The first-order valence-corrected chi connectivity index (χ1v) is 8.56. The zero-order valence-corrected chi connectivity index (χ0v) is 15.3. The fourth-order valence-electron chi connectivity index (χ4n) is 2.53. The second-order valence-corrected chi connectivity index (χ2v) is 5.97. The number of hydrogen-bond acceptors (Lipinski definition) is 6. The molecular weight excluding hydrogens is 392 g/mol. The Morgan fingerprint density at radius 1 is 0.567 bits per heavy atom. The Morgan fingerprint density at radius 2 is 0.900 bits per heavy atom. The molecule has 0 aliphatic rings. The summed E-state index contributed by atoms with van der Waals surface area (Å²) < 4.78 is 10.2. The van der Waals surface area contributed by atoms with Crippen LogP contribution in [0, 0.1) is 0 Å². The summed E-state index contributed by atoms with van der Waals surface area (Å²) in [5.41, 5.74) is -0.795. The molecule has 8 nitrogen and oxygen atoms in total. The van der Waals surface area contributed by atoms with Crippen LogP contribution in [0.5, 0.6) is 11.5 Å². The monoisotopic (exact) mass is 406 g/mol. The molecular formula is C22H14O8. The third-order valence-electron chi connectivity index (χ3n) is 3.97. The van der Waals surface area contributed by atoms with Gasteiger partial charge in [-0.1, -0.05) is 36.4 Å². The van der Waals surface area contributed by atoms with Gasteiger partial charge in [0.2, 0.25) is 0 Å². The standard InChI is InChI=1S/C22H14O8/c23-19(24)15-12-18(30-22(28)14-9-5-2-6-10-14)16(20(25)26)11-17(15)29-21(27)13-7-3-1-4-8-13/h1-12H,(H,23,24)(H,25,26). The molecule has 150 valence electrons. The van der Waals surface area contributed by atoms with Gasteiger partial charge in [0.1, 0.15) is 22.6 Å². The number of carbonyl (C=O) groups is 4. The Hall–Kier alpha value is -4.46. The van der Waals surface area contributed by atoms with Crippen molar-refractivity contribution in [2.45, 2.75) is 0 Å². The van der Waals surface area contributed by atoms with Crippen molar-refractivity contribution in [3.8, 4) is 11.5 Å². The van der Waals surface area contributed by atoms with Crippen LogP contribution < -0.4 is 9.47 Å². The predicted octanol–water partition coefficient (Wildman–Crippen LogP) is 3.52. The Labute approximate surface area is 169 Å². The molecule has 3 rings (SSSR count). The van der Waals surface area contributed by atoms with Gasteiger partial charge in [-0.15, -0.1) is 0 Å². The van der Waals surface area contributed by atoms with Gasteiger partial charge in [0, 0.05) is 12.1 Å². The summed E-state index contributed by atoms with van der Waals surface area (Å²) in [5.74, 6) is -5.73. The number of aromatic carboxylic acids is 2. The summed E-state index contributed by atoms with van der Waals surface area (Å²) in [7, 11) is 0. The molecule has 0 saturated carbocycles. The second kappa shape index (κ2) is 8.70. The fourth-order valence-corrected chi connectivity index (χ4v) is 2.53.